The van der Waals surface area contributed by atoms with E-state index in [2.05, 4.69) is 24.7 Å². The SMILES string of the molecule is C#CC1CCCP(=S)(N(C)C)S1. The van der Waals surface area contributed by atoms with Crippen LogP contribution in [-0.4, -0.2) is 30.2 Å². The summed E-state index contributed by atoms with van der Waals surface area (Å²) in [5.74, 6) is 2.81. The van der Waals surface area contributed by atoms with Gasteiger partial charge in [-0.3, -0.25) is 4.67 Å². The molecule has 0 N–H and O–H groups in total. The van der Waals surface area contributed by atoms with Crippen molar-refractivity contribution in [1.29, 1.82) is 0 Å². The Balaban J connectivity index is 2.69. The van der Waals surface area contributed by atoms with Crippen LogP contribution in [0.4, 0.5) is 0 Å². The first kappa shape index (κ1) is 10.6. The maximum atomic E-state index is 5.63. The second kappa shape index (κ2) is 4.15. The summed E-state index contributed by atoms with van der Waals surface area (Å²) in [5.41, 5.74) is 0. The highest BCUT2D eigenvalue weighted by Gasteiger charge is 2.28. The molecule has 1 rings (SSSR count). The summed E-state index contributed by atoms with van der Waals surface area (Å²) in [7, 11) is 4.15. The van der Waals surface area contributed by atoms with Gasteiger partial charge in [0.2, 0.25) is 0 Å². The molecular weight excluding hydrogens is 205 g/mol. The summed E-state index contributed by atoms with van der Waals surface area (Å²) in [4.78, 5) is 0. The maximum Gasteiger partial charge on any atom is 0.0715 e. The number of rotatable bonds is 1. The molecule has 1 heterocycles. The molecule has 1 saturated heterocycles. The number of terminal acetylenes is 1. The zero-order chi connectivity index (χ0) is 9.19. The van der Waals surface area contributed by atoms with Crippen molar-refractivity contribution in [3.05, 3.63) is 0 Å². The van der Waals surface area contributed by atoms with Gasteiger partial charge in [0.15, 0.2) is 0 Å². The predicted octanol–water partition coefficient (Wildman–Crippen LogP) is 2.39. The first-order valence-electron chi connectivity index (χ1n) is 4.00. The molecule has 2 unspecified atom stereocenters. The molecule has 1 aliphatic heterocycles. The molecule has 0 bridgehead atoms. The normalized spacial score (nSPS) is 36.3. The lowest BCUT2D eigenvalue weighted by Crippen LogP contribution is -2.16. The Kier molecular flexibility index (Phi) is 3.67. The highest BCUT2D eigenvalue weighted by Crippen LogP contribution is 2.65. The van der Waals surface area contributed by atoms with Gasteiger partial charge < -0.3 is 0 Å². The fourth-order valence-electron chi connectivity index (χ4n) is 1.19. The van der Waals surface area contributed by atoms with Crippen molar-refractivity contribution in [2.75, 3.05) is 20.3 Å². The second-order valence-electron chi connectivity index (χ2n) is 3.11. The van der Waals surface area contributed by atoms with Crippen LogP contribution in [0.5, 0.6) is 0 Å². The Labute approximate surface area is 84.1 Å². The fraction of sp³-hybridized carbons (Fsp3) is 0.750. The lowest BCUT2D eigenvalue weighted by molar-refractivity contribution is 0.675. The molecule has 0 aromatic carbocycles. The minimum absolute atomic E-state index is 0.368. The molecule has 0 saturated carbocycles. The molecule has 0 spiro atoms. The van der Waals surface area contributed by atoms with E-state index in [1.165, 1.54) is 12.6 Å². The molecule has 0 radical (unpaired) electrons. The Bertz CT molecular complexity index is 244. The summed E-state index contributed by atoms with van der Waals surface area (Å²) in [6.45, 7) is 0. The van der Waals surface area contributed by atoms with Gasteiger partial charge in [0.05, 0.1) is 10.6 Å². The first-order chi connectivity index (χ1) is 5.58. The standard InChI is InChI=1S/C8H14NPS2/c1-4-8-6-5-7-10(11,12-8)9(2)3/h1,8H,5-7H2,2-3H3. The van der Waals surface area contributed by atoms with Crippen molar-refractivity contribution in [2.24, 2.45) is 0 Å². The molecule has 0 amide bonds. The lowest BCUT2D eigenvalue weighted by atomic mass is 10.2. The van der Waals surface area contributed by atoms with Gasteiger partial charge in [0.1, 0.15) is 0 Å². The molecular formula is C8H14NPS2. The van der Waals surface area contributed by atoms with Crippen LogP contribution in [0.15, 0.2) is 0 Å². The number of hydrogen-bond donors (Lipinski definition) is 0. The third-order valence-electron chi connectivity index (χ3n) is 1.99. The monoisotopic (exact) mass is 219 g/mol. The van der Waals surface area contributed by atoms with E-state index in [4.69, 9.17) is 18.2 Å². The van der Waals surface area contributed by atoms with Crippen molar-refractivity contribution in [3.63, 3.8) is 0 Å². The van der Waals surface area contributed by atoms with Gasteiger partial charge in [-0.1, -0.05) is 29.1 Å². The number of nitrogens with zero attached hydrogens (tertiary/aromatic N) is 1. The van der Waals surface area contributed by atoms with E-state index in [-0.39, 0.29) is 0 Å². The third kappa shape index (κ3) is 2.26. The Morgan fingerprint density at radius 2 is 2.33 bits per heavy atom. The van der Waals surface area contributed by atoms with Gasteiger partial charge in [-0.2, -0.15) is 0 Å². The highest BCUT2D eigenvalue weighted by atomic mass is 32.9. The van der Waals surface area contributed by atoms with Crippen molar-refractivity contribution in [3.8, 4) is 12.3 Å². The quantitative estimate of drug-likeness (QED) is 0.492. The van der Waals surface area contributed by atoms with Crippen molar-refractivity contribution in [2.45, 2.75) is 18.1 Å². The van der Waals surface area contributed by atoms with Gasteiger partial charge >= 0.3 is 0 Å². The van der Waals surface area contributed by atoms with Crippen LogP contribution >= 0.6 is 16.8 Å². The summed E-state index contributed by atoms with van der Waals surface area (Å²) < 4.78 is 2.20. The molecule has 0 aromatic rings. The van der Waals surface area contributed by atoms with E-state index in [1.807, 2.05) is 11.4 Å². The van der Waals surface area contributed by atoms with Crippen LogP contribution in [0, 0.1) is 12.3 Å². The van der Waals surface area contributed by atoms with E-state index < -0.39 is 5.39 Å². The largest absolute Gasteiger partial charge is 0.273 e. The molecule has 0 aliphatic carbocycles. The maximum absolute atomic E-state index is 5.63. The lowest BCUT2D eigenvalue weighted by Gasteiger charge is -2.34. The first-order valence-corrected chi connectivity index (χ1v) is 8.42. The average Bonchev–Trinajstić information content (AvgIpc) is 2.04. The molecule has 1 nitrogen and oxygen atoms in total. The fourth-order valence-corrected chi connectivity index (χ4v) is 7.48. The second-order valence-corrected chi connectivity index (χ2v) is 11.4. The summed E-state index contributed by atoms with van der Waals surface area (Å²) >= 11 is 7.48. The van der Waals surface area contributed by atoms with Crippen LogP contribution in [0.3, 0.4) is 0 Å². The van der Waals surface area contributed by atoms with Crippen LogP contribution in [-0.2, 0) is 11.8 Å². The van der Waals surface area contributed by atoms with Gasteiger partial charge in [-0.05, 0) is 33.1 Å². The van der Waals surface area contributed by atoms with Gasteiger partial charge in [0, 0.05) is 0 Å². The van der Waals surface area contributed by atoms with Gasteiger partial charge in [-0.15, -0.1) is 6.42 Å². The van der Waals surface area contributed by atoms with Crippen LogP contribution in [0.2, 0.25) is 0 Å². The van der Waals surface area contributed by atoms with E-state index in [1.54, 1.807) is 0 Å². The topological polar surface area (TPSA) is 3.24 Å². The third-order valence-corrected chi connectivity index (χ3v) is 10.6. The Morgan fingerprint density at radius 1 is 1.67 bits per heavy atom. The minimum atomic E-state index is -1.32. The van der Waals surface area contributed by atoms with Crippen LogP contribution in [0.25, 0.3) is 0 Å². The van der Waals surface area contributed by atoms with Crippen molar-refractivity contribution in [1.82, 2.24) is 4.67 Å². The van der Waals surface area contributed by atoms with Gasteiger partial charge in [-0.25, -0.2) is 0 Å². The number of hydrogen-bond acceptors (Lipinski definition) is 2. The van der Waals surface area contributed by atoms with Crippen molar-refractivity contribution >= 4 is 28.6 Å². The summed E-state index contributed by atoms with van der Waals surface area (Å²) in [6, 6.07) is 0. The zero-order valence-corrected chi connectivity index (χ0v) is 10.0. The Morgan fingerprint density at radius 3 is 2.83 bits per heavy atom. The summed E-state index contributed by atoms with van der Waals surface area (Å²) in [5, 5.41) is -0.950. The zero-order valence-electron chi connectivity index (χ0n) is 7.49. The van der Waals surface area contributed by atoms with E-state index in [0.717, 1.165) is 6.42 Å². The molecule has 68 valence electrons. The molecule has 2 atom stereocenters. The molecule has 4 heteroatoms. The summed E-state index contributed by atoms with van der Waals surface area (Å²) in [6.07, 6.45) is 8.94. The Hall–Kier alpha value is 0.520. The molecule has 0 aromatic heterocycles. The highest BCUT2D eigenvalue weighted by molar-refractivity contribution is 8.70. The van der Waals surface area contributed by atoms with Crippen LogP contribution in [0.1, 0.15) is 12.8 Å². The van der Waals surface area contributed by atoms with Gasteiger partial charge in [0.25, 0.3) is 0 Å². The van der Waals surface area contributed by atoms with E-state index >= 15 is 0 Å². The average molecular weight is 219 g/mol. The molecule has 12 heavy (non-hydrogen) atoms. The van der Waals surface area contributed by atoms with Crippen LogP contribution < -0.4 is 0 Å². The van der Waals surface area contributed by atoms with E-state index in [9.17, 15) is 0 Å². The predicted molar refractivity (Wildman–Crippen MR) is 62.3 cm³/mol. The smallest absolute Gasteiger partial charge is 0.0715 e. The molecule has 1 fully saturated rings. The minimum Gasteiger partial charge on any atom is -0.273 e. The van der Waals surface area contributed by atoms with E-state index in [0.29, 0.717) is 5.25 Å². The van der Waals surface area contributed by atoms with Crippen molar-refractivity contribution < 1.29 is 0 Å². The molecule has 1 aliphatic rings.